The summed E-state index contributed by atoms with van der Waals surface area (Å²) >= 11 is 0. The highest BCUT2D eigenvalue weighted by molar-refractivity contribution is 7.86. The van der Waals surface area contributed by atoms with E-state index in [-0.39, 0.29) is 21.3 Å². The zero-order valence-corrected chi connectivity index (χ0v) is 23.4. The fourth-order valence-electron chi connectivity index (χ4n) is 3.82. The summed E-state index contributed by atoms with van der Waals surface area (Å²) in [5.74, 6) is -0.344. The second kappa shape index (κ2) is 11.2. The van der Waals surface area contributed by atoms with Crippen molar-refractivity contribution in [3.63, 3.8) is 0 Å². The quantitative estimate of drug-likeness (QED) is 0.205. The van der Waals surface area contributed by atoms with Crippen LogP contribution in [0.25, 0.3) is 34.2 Å². The molecule has 1 amide bonds. The van der Waals surface area contributed by atoms with Gasteiger partial charge >= 0.3 is 0 Å². The summed E-state index contributed by atoms with van der Waals surface area (Å²) in [4.78, 5) is 17.0. The summed E-state index contributed by atoms with van der Waals surface area (Å²) in [5.41, 5.74) is 2.39. The molecule has 0 saturated carbocycles. The molecule has 0 fully saturated rings. The zero-order valence-electron chi connectivity index (χ0n) is 21.7. The van der Waals surface area contributed by atoms with E-state index < -0.39 is 20.2 Å². The number of nitrogens with one attached hydrogen (secondary N) is 1. The van der Waals surface area contributed by atoms with E-state index in [9.17, 15) is 30.7 Å². The number of benzene rings is 2. The van der Waals surface area contributed by atoms with E-state index in [0.29, 0.717) is 40.7 Å². The molecule has 0 spiro atoms. The second-order valence-corrected chi connectivity index (χ2v) is 11.8. The normalized spacial score (nSPS) is 11.9. The molecule has 0 aliphatic heterocycles. The minimum absolute atomic E-state index is 0.272. The Morgan fingerprint density at radius 3 is 1.55 bits per heavy atom. The molecular formula is C25H22N8O7S2. The molecule has 0 radical (unpaired) electrons. The number of pyridine rings is 1. The van der Waals surface area contributed by atoms with E-state index in [2.05, 4.69) is 30.9 Å². The molecule has 2 aromatic carbocycles. The summed E-state index contributed by atoms with van der Waals surface area (Å²) in [7, 11) is -8.71. The topological polar surface area (TPSA) is 212 Å². The van der Waals surface area contributed by atoms with Gasteiger partial charge in [0.05, 0.1) is 44.9 Å². The Bertz CT molecular complexity index is 1850. The first-order chi connectivity index (χ1) is 19.9. The lowest BCUT2D eigenvalue weighted by Gasteiger charge is -2.07. The summed E-state index contributed by atoms with van der Waals surface area (Å²) in [6, 6.07) is 13.7. The molecule has 216 valence electrons. The van der Waals surface area contributed by atoms with Crippen LogP contribution in [0.15, 0.2) is 82.8 Å². The van der Waals surface area contributed by atoms with Crippen LogP contribution >= 0.6 is 0 Å². The van der Waals surface area contributed by atoms with E-state index in [1.54, 1.807) is 12.1 Å². The van der Waals surface area contributed by atoms with Gasteiger partial charge in [0.1, 0.15) is 11.4 Å². The molecule has 0 atom stereocenters. The molecule has 17 heteroatoms. The molecule has 0 unspecified atom stereocenters. The maximum Gasteiger partial charge on any atom is 0.294 e. The maximum absolute atomic E-state index is 12.9. The molecule has 3 aromatic heterocycles. The van der Waals surface area contributed by atoms with Gasteiger partial charge in [-0.3, -0.25) is 13.9 Å². The average Bonchev–Trinajstić information content (AvgIpc) is 3.66. The van der Waals surface area contributed by atoms with Gasteiger partial charge in [0.15, 0.2) is 0 Å². The van der Waals surface area contributed by atoms with Gasteiger partial charge in [-0.15, -0.1) is 10.2 Å². The molecule has 15 nitrogen and oxygen atoms in total. The van der Waals surface area contributed by atoms with Crippen molar-refractivity contribution in [3.05, 3.63) is 78.6 Å². The summed E-state index contributed by atoms with van der Waals surface area (Å²) < 4.78 is 66.5. The van der Waals surface area contributed by atoms with Crippen molar-refractivity contribution in [3.8, 4) is 34.2 Å². The lowest BCUT2D eigenvalue weighted by molar-refractivity contribution is 0.0953. The van der Waals surface area contributed by atoms with Crippen molar-refractivity contribution >= 4 is 26.1 Å². The van der Waals surface area contributed by atoms with Crippen LogP contribution in [0.3, 0.4) is 0 Å². The van der Waals surface area contributed by atoms with Crippen LogP contribution in [-0.4, -0.2) is 73.4 Å². The summed E-state index contributed by atoms with van der Waals surface area (Å²) in [6.07, 6.45) is 3.80. The molecule has 42 heavy (non-hydrogen) atoms. The third kappa shape index (κ3) is 6.23. The maximum atomic E-state index is 12.9. The van der Waals surface area contributed by atoms with E-state index in [0.717, 1.165) is 6.42 Å². The fourth-order valence-corrected chi connectivity index (χ4v) is 4.78. The lowest BCUT2D eigenvalue weighted by atomic mass is 10.1. The highest BCUT2D eigenvalue weighted by Gasteiger charge is 2.18. The van der Waals surface area contributed by atoms with Crippen LogP contribution in [0.5, 0.6) is 0 Å². The first kappa shape index (κ1) is 28.7. The van der Waals surface area contributed by atoms with Gasteiger partial charge in [-0.05, 0) is 67.1 Å². The van der Waals surface area contributed by atoms with Gasteiger partial charge in [0.2, 0.25) is 0 Å². The third-order valence-electron chi connectivity index (χ3n) is 5.93. The Labute approximate surface area is 239 Å². The molecule has 0 aliphatic rings. The fraction of sp³-hybridized carbons (Fsp3) is 0.120. The van der Waals surface area contributed by atoms with Crippen molar-refractivity contribution in [1.82, 2.24) is 40.3 Å². The molecule has 5 aromatic rings. The third-order valence-corrected chi connectivity index (χ3v) is 7.67. The Hall–Kier alpha value is -4.84. The molecule has 0 saturated heterocycles. The molecule has 5 rings (SSSR count). The van der Waals surface area contributed by atoms with Crippen LogP contribution in [0, 0.1) is 0 Å². The minimum atomic E-state index is -4.35. The molecule has 3 heterocycles. The Morgan fingerprint density at radius 2 is 1.17 bits per heavy atom. The molecule has 3 N–H and O–H groups in total. The summed E-state index contributed by atoms with van der Waals surface area (Å²) in [5, 5.41) is 19.3. The molecular weight excluding hydrogens is 588 g/mol. The monoisotopic (exact) mass is 610 g/mol. The number of hydrogen-bond donors (Lipinski definition) is 3. The van der Waals surface area contributed by atoms with E-state index >= 15 is 0 Å². The van der Waals surface area contributed by atoms with Crippen molar-refractivity contribution < 1.29 is 30.7 Å². The first-order valence-corrected chi connectivity index (χ1v) is 15.1. The number of carbonyl (C=O) groups excluding carboxylic acids is 1. The largest absolute Gasteiger partial charge is 0.352 e. The lowest BCUT2D eigenvalue weighted by Crippen LogP contribution is -2.24. The van der Waals surface area contributed by atoms with E-state index in [1.807, 2.05) is 6.92 Å². The predicted octanol–water partition coefficient (Wildman–Crippen LogP) is 2.21. The molecule has 0 aliphatic carbocycles. The Balaban J connectivity index is 1.51. The van der Waals surface area contributed by atoms with Crippen LogP contribution in [0.2, 0.25) is 0 Å². The van der Waals surface area contributed by atoms with Crippen molar-refractivity contribution in [2.75, 3.05) is 6.54 Å². The van der Waals surface area contributed by atoms with Crippen LogP contribution in [-0.2, 0) is 20.2 Å². The standard InChI is InChI=1S/C25H22N8O7S2/c1-2-11-26-25(34)16-12-21(23-14-32(30-28-23)17-3-7-19(8-4-17)41(35,36)37)27-22(13-16)24-15-33(31-29-24)18-5-9-20(10-6-18)42(38,39)40/h3-10,12-15H,2,11H2,1H3,(H,26,34)(H,35,36,37)(H,38,39,40). The number of nitrogens with zero attached hydrogens (tertiary/aromatic N) is 7. The van der Waals surface area contributed by atoms with Crippen LogP contribution in [0.1, 0.15) is 23.7 Å². The van der Waals surface area contributed by atoms with Crippen LogP contribution in [0.4, 0.5) is 0 Å². The minimum Gasteiger partial charge on any atom is -0.352 e. The SMILES string of the molecule is CCCNC(=O)c1cc(-c2cn(-c3ccc(S(=O)(=O)O)cc3)nn2)nc(-c2cn(-c3ccc(S(=O)(=O)O)cc3)nn2)c1. The van der Waals surface area contributed by atoms with Gasteiger partial charge in [0.25, 0.3) is 26.1 Å². The first-order valence-electron chi connectivity index (χ1n) is 12.2. The van der Waals surface area contributed by atoms with Crippen molar-refractivity contribution in [1.29, 1.82) is 0 Å². The van der Waals surface area contributed by atoms with Gasteiger partial charge in [-0.1, -0.05) is 17.4 Å². The van der Waals surface area contributed by atoms with E-state index in [1.165, 1.54) is 70.3 Å². The molecule has 0 bridgehead atoms. The number of aromatic nitrogens is 7. The highest BCUT2D eigenvalue weighted by atomic mass is 32.2. The van der Waals surface area contributed by atoms with Gasteiger partial charge < -0.3 is 5.32 Å². The summed E-state index contributed by atoms with van der Waals surface area (Å²) in [6.45, 7) is 2.38. The van der Waals surface area contributed by atoms with Gasteiger partial charge in [-0.25, -0.2) is 14.3 Å². The Kier molecular flexibility index (Phi) is 7.65. The van der Waals surface area contributed by atoms with E-state index in [4.69, 9.17) is 0 Å². The number of carbonyl (C=O) groups is 1. The highest BCUT2D eigenvalue weighted by Crippen LogP contribution is 2.24. The van der Waals surface area contributed by atoms with Crippen molar-refractivity contribution in [2.45, 2.75) is 23.1 Å². The predicted molar refractivity (Wildman–Crippen MR) is 147 cm³/mol. The van der Waals surface area contributed by atoms with Crippen LogP contribution < -0.4 is 5.32 Å². The smallest absolute Gasteiger partial charge is 0.294 e. The number of rotatable bonds is 9. The number of amides is 1. The van der Waals surface area contributed by atoms with Crippen molar-refractivity contribution in [2.24, 2.45) is 0 Å². The Morgan fingerprint density at radius 1 is 0.738 bits per heavy atom. The number of hydrogen-bond acceptors (Lipinski definition) is 10. The second-order valence-electron chi connectivity index (χ2n) is 8.92. The zero-order chi connectivity index (χ0) is 30.1. The van der Waals surface area contributed by atoms with Gasteiger partial charge in [0, 0.05) is 12.1 Å². The average molecular weight is 611 g/mol. The van der Waals surface area contributed by atoms with Gasteiger partial charge in [-0.2, -0.15) is 16.8 Å².